The average Bonchev–Trinajstić information content (AvgIpc) is 2.04. The number of aromatic nitrogens is 1. The first kappa shape index (κ1) is 9.44. The van der Waals surface area contributed by atoms with Crippen molar-refractivity contribution in [1.82, 2.24) is 4.98 Å². The fourth-order valence-corrected chi connectivity index (χ4v) is 1.23. The molecule has 1 aromatic rings. The lowest BCUT2D eigenvalue weighted by molar-refractivity contribution is -0.115. The van der Waals surface area contributed by atoms with Crippen molar-refractivity contribution in [2.24, 2.45) is 0 Å². The van der Waals surface area contributed by atoms with Crippen molar-refractivity contribution in [3.05, 3.63) is 22.0 Å². The Hall–Kier alpha value is -0.650. The van der Waals surface area contributed by atoms with Gasteiger partial charge in [-0.05, 0) is 28.7 Å². The van der Waals surface area contributed by atoms with E-state index in [-0.39, 0.29) is 5.91 Å². The molecule has 12 heavy (non-hydrogen) atoms. The number of rotatable bonds is 2. The molecule has 0 spiro atoms. The van der Waals surface area contributed by atoms with Crippen LogP contribution in [0.25, 0.3) is 0 Å². The van der Waals surface area contributed by atoms with Gasteiger partial charge in [0.25, 0.3) is 0 Å². The van der Waals surface area contributed by atoms with Crippen LogP contribution in [0, 0.1) is 3.57 Å². The zero-order valence-corrected chi connectivity index (χ0v) is 8.83. The van der Waals surface area contributed by atoms with Crippen molar-refractivity contribution in [3.63, 3.8) is 0 Å². The van der Waals surface area contributed by atoms with Crippen LogP contribution in [0.3, 0.4) is 0 Å². The average molecular weight is 276 g/mol. The van der Waals surface area contributed by atoms with Gasteiger partial charge < -0.3 is 5.32 Å². The number of carbonyl (C=O) groups excluding carboxylic acids is 1. The van der Waals surface area contributed by atoms with E-state index >= 15 is 0 Å². The molecule has 0 saturated heterocycles. The second-order valence-electron chi connectivity index (χ2n) is 2.29. The molecule has 1 amide bonds. The van der Waals surface area contributed by atoms with Gasteiger partial charge in [-0.15, -0.1) is 0 Å². The zero-order chi connectivity index (χ0) is 8.97. The van der Waals surface area contributed by atoms with E-state index in [0.29, 0.717) is 6.42 Å². The Bertz CT molecular complexity index is 288. The molecule has 0 saturated carbocycles. The molecule has 1 aromatic heterocycles. The number of hydrogen-bond donors (Lipinski definition) is 1. The molecule has 0 fully saturated rings. The van der Waals surface area contributed by atoms with Crippen LogP contribution in [0.15, 0.2) is 18.5 Å². The van der Waals surface area contributed by atoms with Crippen LogP contribution < -0.4 is 5.32 Å². The van der Waals surface area contributed by atoms with Gasteiger partial charge in [0.1, 0.15) is 0 Å². The number of pyridine rings is 1. The summed E-state index contributed by atoms with van der Waals surface area (Å²) in [7, 11) is 0. The minimum Gasteiger partial charge on any atom is -0.325 e. The highest BCUT2D eigenvalue weighted by Crippen LogP contribution is 2.10. The van der Waals surface area contributed by atoms with Crippen molar-refractivity contribution in [2.45, 2.75) is 13.3 Å². The van der Waals surface area contributed by atoms with Gasteiger partial charge in [0.2, 0.25) is 5.91 Å². The van der Waals surface area contributed by atoms with E-state index in [0.717, 1.165) is 9.26 Å². The van der Waals surface area contributed by atoms with Crippen molar-refractivity contribution in [3.8, 4) is 0 Å². The van der Waals surface area contributed by atoms with Gasteiger partial charge in [-0.25, -0.2) is 0 Å². The standard InChI is InChI=1S/C8H9IN2O/c1-2-8(12)11-7-3-6(9)4-10-5-7/h3-5H,2H2,1H3,(H,11,12). The van der Waals surface area contributed by atoms with Gasteiger partial charge in [0, 0.05) is 16.2 Å². The number of amides is 1. The highest BCUT2D eigenvalue weighted by Gasteiger charge is 1.98. The van der Waals surface area contributed by atoms with Crippen molar-refractivity contribution >= 4 is 34.2 Å². The molecule has 0 radical (unpaired) electrons. The Kier molecular flexibility index (Phi) is 3.46. The third-order valence-electron chi connectivity index (χ3n) is 1.31. The van der Waals surface area contributed by atoms with Crippen LogP contribution >= 0.6 is 22.6 Å². The molecule has 0 aliphatic carbocycles. The number of hydrogen-bond acceptors (Lipinski definition) is 2. The predicted octanol–water partition coefficient (Wildman–Crippen LogP) is 2.03. The number of nitrogens with one attached hydrogen (secondary N) is 1. The van der Waals surface area contributed by atoms with Crippen LogP contribution in [0.1, 0.15) is 13.3 Å². The summed E-state index contributed by atoms with van der Waals surface area (Å²) in [5, 5.41) is 2.73. The van der Waals surface area contributed by atoms with E-state index in [1.54, 1.807) is 12.4 Å². The van der Waals surface area contributed by atoms with E-state index < -0.39 is 0 Å². The molecule has 0 atom stereocenters. The third kappa shape index (κ3) is 2.77. The summed E-state index contributed by atoms with van der Waals surface area (Å²) < 4.78 is 1.02. The molecule has 0 aliphatic rings. The molecular weight excluding hydrogens is 267 g/mol. The van der Waals surface area contributed by atoms with Gasteiger partial charge in [-0.2, -0.15) is 0 Å². The molecule has 0 aromatic carbocycles. The van der Waals surface area contributed by atoms with Crippen LogP contribution in [-0.2, 0) is 4.79 Å². The highest BCUT2D eigenvalue weighted by atomic mass is 127. The zero-order valence-electron chi connectivity index (χ0n) is 6.67. The molecule has 1 N–H and O–H groups in total. The number of anilines is 1. The Morgan fingerprint density at radius 2 is 2.42 bits per heavy atom. The molecule has 1 rings (SSSR count). The Morgan fingerprint density at radius 3 is 3.00 bits per heavy atom. The Balaban J connectivity index is 2.69. The molecule has 1 heterocycles. The molecule has 0 unspecified atom stereocenters. The van der Waals surface area contributed by atoms with Crippen molar-refractivity contribution < 1.29 is 4.79 Å². The smallest absolute Gasteiger partial charge is 0.224 e. The summed E-state index contributed by atoms with van der Waals surface area (Å²) in [5.74, 6) is 0.0128. The maximum Gasteiger partial charge on any atom is 0.224 e. The quantitative estimate of drug-likeness (QED) is 0.840. The topological polar surface area (TPSA) is 42.0 Å². The first-order valence-corrected chi connectivity index (χ1v) is 4.70. The number of nitrogens with zero attached hydrogens (tertiary/aromatic N) is 1. The first-order chi connectivity index (χ1) is 5.72. The molecule has 3 nitrogen and oxygen atoms in total. The van der Waals surface area contributed by atoms with Gasteiger partial charge in [-0.1, -0.05) is 6.92 Å². The molecule has 0 bridgehead atoms. The molecule has 64 valence electrons. The number of halogens is 1. The maximum atomic E-state index is 11.0. The summed E-state index contributed by atoms with van der Waals surface area (Å²) >= 11 is 2.15. The largest absolute Gasteiger partial charge is 0.325 e. The van der Waals surface area contributed by atoms with Gasteiger partial charge in [0.15, 0.2) is 0 Å². The predicted molar refractivity (Wildman–Crippen MR) is 55.9 cm³/mol. The monoisotopic (exact) mass is 276 g/mol. The maximum absolute atomic E-state index is 11.0. The minimum atomic E-state index is 0.0128. The lowest BCUT2D eigenvalue weighted by Crippen LogP contribution is -2.09. The molecular formula is C8H9IN2O. The van der Waals surface area contributed by atoms with Gasteiger partial charge in [-0.3, -0.25) is 9.78 Å². The summed E-state index contributed by atoms with van der Waals surface area (Å²) in [6, 6.07) is 1.88. The SMILES string of the molecule is CCC(=O)Nc1cncc(I)c1. The molecule has 0 aliphatic heterocycles. The number of carbonyl (C=O) groups is 1. The van der Waals surface area contributed by atoms with Crippen molar-refractivity contribution in [2.75, 3.05) is 5.32 Å². The van der Waals surface area contributed by atoms with Crippen LogP contribution in [0.2, 0.25) is 0 Å². The highest BCUT2D eigenvalue weighted by molar-refractivity contribution is 14.1. The van der Waals surface area contributed by atoms with Crippen LogP contribution in [-0.4, -0.2) is 10.9 Å². The fourth-order valence-electron chi connectivity index (χ4n) is 0.730. The molecule has 4 heteroatoms. The lowest BCUT2D eigenvalue weighted by atomic mass is 10.4. The van der Waals surface area contributed by atoms with Crippen LogP contribution in [0.4, 0.5) is 5.69 Å². The Morgan fingerprint density at radius 1 is 1.67 bits per heavy atom. The summed E-state index contributed by atoms with van der Waals surface area (Å²) in [6.07, 6.45) is 3.86. The second-order valence-corrected chi connectivity index (χ2v) is 3.54. The van der Waals surface area contributed by atoms with E-state index in [2.05, 4.69) is 32.9 Å². The normalized spacial score (nSPS) is 9.50. The van der Waals surface area contributed by atoms with E-state index in [1.807, 2.05) is 13.0 Å². The van der Waals surface area contributed by atoms with Crippen LogP contribution in [0.5, 0.6) is 0 Å². The summed E-state index contributed by atoms with van der Waals surface area (Å²) in [5.41, 5.74) is 0.758. The third-order valence-corrected chi connectivity index (χ3v) is 1.90. The fraction of sp³-hybridized carbons (Fsp3) is 0.250. The minimum absolute atomic E-state index is 0.0128. The van der Waals surface area contributed by atoms with Crippen molar-refractivity contribution in [1.29, 1.82) is 0 Å². The van der Waals surface area contributed by atoms with Gasteiger partial charge in [0.05, 0.1) is 11.9 Å². The second kappa shape index (κ2) is 4.39. The lowest BCUT2D eigenvalue weighted by Gasteiger charge is -2.01. The first-order valence-electron chi connectivity index (χ1n) is 3.62. The van der Waals surface area contributed by atoms with E-state index in [1.165, 1.54) is 0 Å². The van der Waals surface area contributed by atoms with E-state index in [9.17, 15) is 4.79 Å². The Labute approximate surface area is 84.7 Å². The van der Waals surface area contributed by atoms with E-state index in [4.69, 9.17) is 0 Å². The summed E-state index contributed by atoms with van der Waals surface area (Å²) in [6.45, 7) is 1.82. The summed E-state index contributed by atoms with van der Waals surface area (Å²) in [4.78, 5) is 14.9. The van der Waals surface area contributed by atoms with Gasteiger partial charge >= 0.3 is 0 Å².